The number of nitro groups is 1. The van der Waals surface area contributed by atoms with Crippen LogP contribution in [0.5, 0.6) is 0 Å². The first-order valence-electron chi connectivity index (χ1n) is 15.7. The molecule has 0 spiro atoms. The van der Waals surface area contributed by atoms with E-state index in [4.69, 9.17) is 15.7 Å². The normalized spacial score (nSPS) is 17.7. The van der Waals surface area contributed by atoms with E-state index in [1.165, 1.54) is 37.1 Å². The largest absolute Gasteiger partial charge is 0.372 e. The summed E-state index contributed by atoms with van der Waals surface area (Å²) in [6.07, 6.45) is 5.76. The molecule has 46 heavy (non-hydrogen) atoms. The maximum Gasteiger partial charge on any atom is 0.271 e. The van der Waals surface area contributed by atoms with Gasteiger partial charge in [0.15, 0.2) is 5.82 Å². The molecule has 4 aromatic carbocycles. The van der Waals surface area contributed by atoms with Crippen LogP contribution in [-0.2, 0) is 18.6 Å². The van der Waals surface area contributed by atoms with E-state index < -0.39 is 10.6 Å². The fraction of sp³-hybridized carbons (Fsp3) is 0.222. The summed E-state index contributed by atoms with van der Waals surface area (Å²) in [6.45, 7) is 2.63. The van der Waals surface area contributed by atoms with Gasteiger partial charge in [-0.3, -0.25) is 19.6 Å². The van der Waals surface area contributed by atoms with Crippen LogP contribution in [0.4, 0.5) is 22.9 Å². The van der Waals surface area contributed by atoms with E-state index in [2.05, 4.69) is 63.6 Å². The third-order valence-corrected chi connectivity index (χ3v) is 8.73. The van der Waals surface area contributed by atoms with Gasteiger partial charge in [-0.25, -0.2) is 4.98 Å². The molecule has 0 bridgehead atoms. The van der Waals surface area contributed by atoms with Crippen molar-refractivity contribution in [1.82, 2.24) is 14.9 Å². The Bertz CT molecular complexity index is 1850. The minimum Gasteiger partial charge on any atom is -0.372 e. The quantitative estimate of drug-likeness (QED) is 0.153. The van der Waals surface area contributed by atoms with Crippen LogP contribution in [-0.4, -0.2) is 33.5 Å². The Balaban J connectivity index is 1.37. The number of imidazole rings is 1. The molecule has 0 saturated carbocycles. The van der Waals surface area contributed by atoms with E-state index in [-0.39, 0.29) is 5.69 Å². The van der Waals surface area contributed by atoms with Crippen LogP contribution in [0.1, 0.15) is 36.1 Å². The number of rotatable bonds is 8. The number of nitrogens with two attached hydrogens (primary N) is 1. The molecule has 1 fully saturated rings. The van der Waals surface area contributed by atoms with Crippen molar-refractivity contribution < 1.29 is 4.92 Å². The number of anilines is 2. The second-order valence-corrected chi connectivity index (χ2v) is 11.8. The highest BCUT2D eigenvalue weighted by Gasteiger charge is 2.46. The molecule has 0 radical (unpaired) electrons. The molecule has 2 aliphatic rings. The summed E-state index contributed by atoms with van der Waals surface area (Å²) < 4.78 is 1.77. The molecule has 1 saturated heterocycles. The monoisotopic (exact) mass is 612 g/mol. The third kappa shape index (κ3) is 5.70. The average molecular weight is 613 g/mol. The molecule has 7 rings (SSSR count). The lowest BCUT2D eigenvalue weighted by Crippen LogP contribution is -2.62. The van der Waals surface area contributed by atoms with Crippen LogP contribution in [0.15, 0.2) is 121 Å². The summed E-state index contributed by atoms with van der Waals surface area (Å²) in [4.78, 5) is 25.7. The highest BCUT2D eigenvalue weighted by Crippen LogP contribution is 2.42. The van der Waals surface area contributed by atoms with E-state index in [0.717, 1.165) is 29.9 Å². The Morgan fingerprint density at radius 1 is 0.804 bits per heavy atom. The highest BCUT2D eigenvalue weighted by atomic mass is 16.6. The summed E-state index contributed by atoms with van der Waals surface area (Å²) in [6, 6.07) is 35.3. The predicted octanol–water partition coefficient (Wildman–Crippen LogP) is 6.42. The molecule has 10 nitrogen and oxygen atoms in total. The molecule has 1 atom stereocenters. The molecular weight excluding hydrogens is 576 g/mol. The number of hydrogen-bond acceptors (Lipinski definition) is 8. The fourth-order valence-corrected chi connectivity index (χ4v) is 6.43. The third-order valence-electron chi connectivity index (χ3n) is 8.73. The average Bonchev–Trinajstić information content (AvgIpc) is 3.54. The summed E-state index contributed by atoms with van der Waals surface area (Å²) in [7, 11) is 0. The number of nitro benzene ring substituents is 1. The Hall–Kier alpha value is -5.48. The van der Waals surface area contributed by atoms with Gasteiger partial charge in [0.05, 0.1) is 10.6 Å². The van der Waals surface area contributed by atoms with Gasteiger partial charge in [0.25, 0.3) is 5.69 Å². The van der Waals surface area contributed by atoms with Gasteiger partial charge in [0.2, 0.25) is 5.96 Å². The van der Waals surface area contributed by atoms with Gasteiger partial charge in [-0.1, -0.05) is 66.7 Å². The summed E-state index contributed by atoms with van der Waals surface area (Å²) in [5, 5.41) is 15.2. The lowest BCUT2D eigenvalue weighted by molar-refractivity contribution is -0.384. The van der Waals surface area contributed by atoms with Gasteiger partial charge in [-0.2, -0.15) is 4.99 Å². The van der Waals surface area contributed by atoms with Crippen molar-refractivity contribution in [2.24, 2.45) is 10.7 Å². The Morgan fingerprint density at radius 2 is 1.48 bits per heavy atom. The second kappa shape index (κ2) is 12.5. The predicted molar refractivity (Wildman–Crippen MR) is 182 cm³/mol. The van der Waals surface area contributed by atoms with E-state index in [9.17, 15) is 10.1 Å². The number of aromatic nitrogens is 2. The van der Waals surface area contributed by atoms with Crippen molar-refractivity contribution in [1.29, 1.82) is 0 Å². The number of aliphatic imine (C=N–C) groups is 1. The number of non-ortho nitro benzene ring substituents is 1. The zero-order valence-electron chi connectivity index (χ0n) is 25.5. The number of hydrogen-bond donors (Lipinski definition) is 2. The minimum absolute atomic E-state index is 0.0131. The molecule has 3 heterocycles. The molecule has 0 amide bonds. The second-order valence-electron chi connectivity index (χ2n) is 11.8. The number of nitrogens with one attached hydrogen (secondary N) is 1. The number of piperidine rings is 1. The van der Waals surface area contributed by atoms with Crippen molar-refractivity contribution in [3.63, 3.8) is 0 Å². The minimum atomic E-state index is -1.16. The smallest absolute Gasteiger partial charge is 0.271 e. The van der Waals surface area contributed by atoms with Gasteiger partial charge in [0.1, 0.15) is 17.7 Å². The number of fused-ring (bicyclic) bond motifs is 1. The van der Waals surface area contributed by atoms with Crippen LogP contribution >= 0.6 is 0 Å². The van der Waals surface area contributed by atoms with Gasteiger partial charge < -0.3 is 16.0 Å². The Kier molecular flexibility index (Phi) is 7.94. The highest BCUT2D eigenvalue weighted by molar-refractivity contribution is 6.01. The first-order chi connectivity index (χ1) is 22.5. The van der Waals surface area contributed by atoms with Crippen molar-refractivity contribution >= 4 is 28.8 Å². The summed E-state index contributed by atoms with van der Waals surface area (Å²) in [5.74, 6) is 1.09. The molecule has 0 aliphatic carbocycles. The van der Waals surface area contributed by atoms with E-state index in [1.54, 1.807) is 17.0 Å². The van der Waals surface area contributed by atoms with Crippen LogP contribution < -0.4 is 20.9 Å². The van der Waals surface area contributed by atoms with Gasteiger partial charge in [-0.05, 0) is 60.7 Å². The van der Waals surface area contributed by atoms with Crippen LogP contribution in [0, 0.1) is 10.1 Å². The first-order valence-corrected chi connectivity index (χ1v) is 15.7. The fourth-order valence-electron chi connectivity index (χ4n) is 6.43. The number of guanidine groups is 1. The molecule has 10 heteroatoms. The molecule has 2 aliphatic heterocycles. The maximum absolute atomic E-state index is 11.6. The molecular formula is C36H36N8O2. The van der Waals surface area contributed by atoms with Crippen LogP contribution in [0.3, 0.4) is 0 Å². The summed E-state index contributed by atoms with van der Waals surface area (Å²) in [5.41, 5.74) is 11.8. The molecule has 3 N–H and O–H groups in total. The van der Waals surface area contributed by atoms with Crippen molar-refractivity contribution in [2.45, 2.75) is 37.9 Å². The van der Waals surface area contributed by atoms with Gasteiger partial charge in [-0.15, -0.1) is 0 Å². The van der Waals surface area contributed by atoms with E-state index >= 15 is 0 Å². The molecule has 232 valence electrons. The van der Waals surface area contributed by atoms with Crippen molar-refractivity contribution in [3.05, 3.63) is 142 Å². The van der Waals surface area contributed by atoms with Crippen molar-refractivity contribution in [2.75, 3.05) is 22.9 Å². The lowest BCUT2D eigenvalue weighted by Gasteiger charge is -2.44. The topological polar surface area (TPSA) is 118 Å². The van der Waals surface area contributed by atoms with E-state index in [1.807, 2.05) is 42.5 Å². The lowest BCUT2D eigenvalue weighted by atomic mass is 9.93. The van der Waals surface area contributed by atoms with Crippen molar-refractivity contribution in [3.8, 4) is 5.69 Å². The first kappa shape index (κ1) is 29.2. The summed E-state index contributed by atoms with van der Waals surface area (Å²) >= 11 is 0. The zero-order chi connectivity index (χ0) is 31.5. The molecule has 5 aromatic rings. The Morgan fingerprint density at radius 3 is 2.17 bits per heavy atom. The molecule has 1 unspecified atom stereocenters. The van der Waals surface area contributed by atoms with Gasteiger partial charge in [0, 0.05) is 49.6 Å². The van der Waals surface area contributed by atoms with Crippen LogP contribution in [0.2, 0.25) is 0 Å². The number of benzene rings is 4. The standard InChI is InChI=1S/C36H36N8O2/c37-36(24-27-11-4-1-5-12-27)33-34(42(26-39-33)31-15-10-16-32(23-31)44(45)46)40-35(38-25-28-13-6-2-7-14-28)43(36)30-19-17-29(18-20-30)41-21-8-3-9-22-41/h1-2,4-7,10-20,23,26H,3,8-9,21-22,24-25,37H2,(H,38,40). The molecule has 1 aromatic heterocycles. The van der Waals surface area contributed by atoms with Crippen LogP contribution in [0.25, 0.3) is 5.69 Å². The number of nitrogens with zero attached hydrogens (tertiary/aromatic N) is 6. The SMILES string of the molecule is NC1(Cc2ccccc2)c2ncn(-c3cccc([N+](=O)[O-])c3)c2N=C(NCc2ccccc2)N1c1ccc(N2CCCCC2)cc1. The maximum atomic E-state index is 11.6. The zero-order valence-corrected chi connectivity index (χ0v) is 25.5. The van der Waals surface area contributed by atoms with E-state index in [0.29, 0.717) is 36.1 Å². The van der Waals surface area contributed by atoms with Gasteiger partial charge >= 0.3 is 0 Å². The Labute approximate surface area is 268 Å².